The summed E-state index contributed by atoms with van der Waals surface area (Å²) >= 11 is 1.66. The van der Waals surface area contributed by atoms with Gasteiger partial charge >= 0.3 is 0 Å². The number of aromatic nitrogens is 1. The molecule has 0 bridgehead atoms. The fourth-order valence-corrected chi connectivity index (χ4v) is 3.47. The molecular weight excluding hydrogens is 300 g/mol. The number of rotatable bonds is 7. The van der Waals surface area contributed by atoms with Gasteiger partial charge in [-0.2, -0.15) is 0 Å². The van der Waals surface area contributed by atoms with Crippen molar-refractivity contribution >= 4 is 11.3 Å². The zero-order valence-electron chi connectivity index (χ0n) is 12.6. The van der Waals surface area contributed by atoms with Crippen molar-refractivity contribution in [2.24, 2.45) is 0 Å². The highest BCUT2D eigenvalue weighted by Crippen LogP contribution is 2.25. The molecule has 5 nitrogen and oxygen atoms in total. The molecule has 22 heavy (non-hydrogen) atoms. The van der Waals surface area contributed by atoms with Crippen LogP contribution in [0.2, 0.25) is 0 Å². The van der Waals surface area contributed by atoms with E-state index in [0.717, 1.165) is 55.2 Å². The average Bonchev–Trinajstić information content (AvgIpc) is 3.20. The van der Waals surface area contributed by atoms with Crippen molar-refractivity contribution in [3.05, 3.63) is 29.7 Å². The van der Waals surface area contributed by atoms with Gasteiger partial charge in [0.25, 0.3) is 0 Å². The zero-order chi connectivity index (χ0) is 15.2. The summed E-state index contributed by atoms with van der Waals surface area (Å²) in [4.78, 5) is 7.11. The van der Waals surface area contributed by atoms with E-state index in [1.807, 2.05) is 6.07 Å². The van der Waals surface area contributed by atoms with Gasteiger partial charge in [0.05, 0.1) is 18.1 Å². The van der Waals surface area contributed by atoms with E-state index in [9.17, 15) is 0 Å². The Kier molecular flexibility index (Phi) is 5.61. The molecule has 0 radical (unpaired) electrons. The molecule has 120 valence electrons. The second-order valence-electron chi connectivity index (χ2n) is 5.58. The maximum absolute atomic E-state index is 8.77. The third-order valence-electron chi connectivity index (χ3n) is 3.90. The number of furan rings is 1. The molecule has 0 amide bonds. The van der Waals surface area contributed by atoms with Crippen LogP contribution in [-0.4, -0.2) is 47.4 Å². The second-order valence-corrected chi connectivity index (χ2v) is 6.44. The van der Waals surface area contributed by atoms with Crippen LogP contribution in [0.25, 0.3) is 10.6 Å². The maximum atomic E-state index is 8.77. The van der Waals surface area contributed by atoms with Gasteiger partial charge in [-0.25, -0.2) is 4.98 Å². The minimum Gasteiger partial charge on any atom is -0.472 e. The smallest absolute Gasteiger partial charge is 0.126 e. The van der Waals surface area contributed by atoms with Crippen molar-refractivity contribution in [3.63, 3.8) is 0 Å². The van der Waals surface area contributed by atoms with E-state index in [1.54, 1.807) is 23.9 Å². The Balaban J connectivity index is 1.45. The van der Waals surface area contributed by atoms with Gasteiger partial charge in [-0.15, -0.1) is 11.3 Å². The van der Waals surface area contributed by atoms with E-state index in [1.165, 1.54) is 0 Å². The van der Waals surface area contributed by atoms with Crippen LogP contribution in [0.15, 0.2) is 28.4 Å². The number of hydrogen-bond acceptors (Lipinski definition) is 6. The SMILES string of the molecule is OCCCOC1CCN(Cc2csc(-c3ccoc3)n2)CC1. The van der Waals surface area contributed by atoms with Crippen molar-refractivity contribution in [1.29, 1.82) is 0 Å². The minimum absolute atomic E-state index is 0.210. The molecule has 6 heteroatoms. The standard InChI is InChI=1S/C16H22N2O3S/c19-7-1-8-21-15-2-5-18(6-3-15)10-14-12-22-16(17-14)13-4-9-20-11-13/h4,9,11-12,15,19H,1-3,5-8,10H2. The summed E-state index contributed by atoms with van der Waals surface area (Å²) in [5, 5.41) is 11.9. The van der Waals surface area contributed by atoms with Crippen LogP contribution < -0.4 is 0 Å². The molecule has 0 atom stereocenters. The van der Waals surface area contributed by atoms with Crippen LogP contribution in [0.1, 0.15) is 25.0 Å². The van der Waals surface area contributed by atoms with Crippen LogP contribution in [0.5, 0.6) is 0 Å². The van der Waals surface area contributed by atoms with Crippen LogP contribution >= 0.6 is 11.3 Å². The number of likely N-dealkylation sites (tertiary alicyclic amines) is 1. The molecular formula is C16H22N2O3S. The fourth-order valence-electron chi connectivity index (χ4n) is 2.68. The zero-order valence-corrected chi connectivity index (χ0v) is 13.4. The monoisotopic (exact) mass is 322 g/mol. The first-order chi connectivity index (χ1) is 10.8. The number of hydrogen-bond donors (Lipinski definition) is 1. The van der Waals surface area contributed by atoms with Crippen molar-refractivity contribution in [2.75, 3.05) is 26.3 Å². The highest BCUT2D eigenvalue weighted by atomic mass is 32.1. The van der Waals surface area contributed by atoms with Crippen molar-refractivity contribution in [2.45, 2.75) is 31.9 Å². The summed E-state index contributed by atoms with van der Waals surface area (Å²) in [6, 6.07) is 1.94. The first kappa shape index (κ1) is 15.7. The highest BCUT2D eigenvalue weighted by molar-refractivity contribution is 7.13. The van der Waals surface area contributed by atoms with Crippen molar-refractivity contribution in [1.82, 2.24) is 9.88 Å². The average molecular weight is 322 g/mol. The molecule has 2 aromatic heterocycles. The van der Waals surface area contributed by atoms with E-state index >= 15 is 0 Å². The van der Waals surface area contributed by atoms with Gasteiger partial charge < -0.3 is 14.3 Å². The topological polar surface area (TPSA) is 58.7 Å². The third kappa shape index (κ3) is 4.16. The summed E-state index contributed by atoms with van der Waals surface area (Å²) in [5.74, 6) is 0. The van der Waals surface area contributed by atoms with Gasteiger partial charge in [0, 0.05) is 43.8 Å². The Labute approximate surface area is 134 Å². The molecule has 1 aliphatic rings. The number of nitrogens with zero attached hydrogens (tertiary/aromatic N) is 2. The normalized spacial score (nSPS) is 17.1. The van der Waals surface area contributed by atoms with Crippen LogP contribution in [0.3, 0.4) is 0 Å². The Morgan fingerprint density at radius 1 is 1.41 bits per heavy atom. The fraction of sp³-hybridized carbons (Fsp3) is 0.562. The predicted molar refractivity (Wildman–Crippen MR) is 85.8 cm³/mol. The molecule has 0 aromatic carbocycles. The molecule has 0 saturated carbocycles. The molecule has 0 aliphatic carbocycles. The van der Waals surface area contributed by atoms with Gasteiger partial charge in [-0.05, 0) is 25.3 Å². The number of aliphatic hydroxyl groups excluding tert-OH is 1. The maximum Gasteiger partial charge on any atom is 0.126 e. The lowest BCUT2D eigenvalue weighted by molar-refractivity contribution is 0.000608. The summed E-state index contributed by atoms with van der Waals surface area (Å²) < 4.78 is 10.9. The Morgan fingerprint density at radius 3 is 3.00 bits per heavy atom. The van der Waals surface area contributed by atoms with E-state index in [-0.39, 0.29) is 6.61 Å². The Bertz CT molecular complexity index is 548. The first-order valence-corrected chi connectivity index (χ1v) is 8.65. The second kappa shape index (κ2) is 7.87. The predicted octanol–water partition coefficient (Wildman–Crippen LogP) is 2.77. The highest BCUT2D eigenvalue weighted by Gasteiger charge is 2.20. The van der Waals surface area contributed by atoms with Crippen molar-refractivity contribution in [3.8, 4) is 10.6 Å². The quantitative estimate of drug-likeness (QED) is 0.794. The Morgan fingerprint density at radius 2 is 2.27 bits per heavy atom. The number of thiazole rings is 1. The lowest BCUT2D eigenvalue weighted by Crippen LogP contribution is -2.36. The number of aliphatic hydroxyl groups is 1. The summed E-state index contributed by atoms with van der Waals surface area (Å²) in [5.41, 5.74) is 2.17. The molecule has 3 heterocycles. The first-order valence-electron chi connectivity index (χ1n) is 7.77. The van der Waals surface area contributed by atoms with Gasteiger partial charge in [0.1, 0.15) is 11.3 Å². The number of piperidine rings is 1. The van der Waals surface area contributed by atoms with E-state index in [2.05, 4.69) is 15.3 Å². The largest absolute Gasteiger partial charge is 0.472 e. The molecule has 1 aliphatic heterocycles. The van der Waals surface area contributed by atoms with Crippen molar-refractivity contribution < 1.29 is 14.3 Å². The van der Waals surface area contributed by atoms with Gasteiger partial charge in [0.15, 0.2) is 0 Å². The molecule has 3 rings (SSSR count). The van der Waals surface area contributed by atoms with Gasteiger partial charge in [-0.1, -0.05) is 0 Å². The van der Waals surface area contributed by atoms with Gasteiger partial charge in [0.2, 0.25) is 0 Å². The van der Waals surface area contributed by atoms with E-state index < -0.39 is 0 Å². The molecule has 1 fully saturated rings. The van der Waals surface area contributed by atoms with E-state index in [0.29, 0.717) is 12.7 Å². The molecule has 0 spiro atoms. The lowest BCUT2D eigenvalue weighted by atomic mass is 10.1. The van der Waals surface area contributed by atoms with Crippen LogP contribution in [-0.2, 0) is 11.3 Å². The minimum atomic E-state index is 0.210. The lowest BCUT2D eigenvalue weighted by Gasteiger charge is -2.31. The summed E-state index contributed by atoms with van der Waals surface area (Å²) in [7, 11) is 0. The van der Waals surface area contributed by atoms with E-state index in [4.69, 9.17) is 14.3 Å². The molecule has 2 aromatic rings. The summed E-state index contributed by atoms with van der Waals surface area (Å²) in [6.45, 7) is 3.87. The molecule has 1 N–H and O–H groups in total. The Hall–Kier alpha value is -1.21. The number of ether oxygens (including phenoxy) is 1. The third-order valence-corrected chi connectivity index (χ3v) is 4.84. The molecule has 0 unspecified atom stereocenters. The van der Waals surface area contributed by atoms with Crippen LogP contribution in [0, 0.1) is 0 Å². The molecule has 1 saturated heterocycles. The van der Waals surface area contributed by atoms with Gasteiger partial charge in [-0.3, -0.25) is 4.90 Å². The van der Waals surface area contributed by atoms with Crippen LogP contribution in [0.4, 0.5) is 0 Å². The summed E-state index contributed by atoms with van der Waals surface area (Å²) in [6.07, 6.45) is 6.61.